The van der Waals surface area contributed by atoms with Crippen molar-refractivity contribution in [1.82, 2.24) is 4.90 Å². The number of carbonyl (C=O) groups is 1. The number of morpholine rings is 1. The van der Waals surface area contributed by atoms with E-state index < -0.39 is 12.1 Å². The summed E-state index contributed by atoms with van der Waals surface area (Å²) in [7, 11) is 0. The van der Waals surface area contributed by atoms with Gasteiger partial charge in [-0.05, 0) is 13.3 Å². The van der Waals surface area contributed by atoms with Gasteiger partial charge < -0.3 is 14.9 Å². The number of aliphatic carboxylic acids is 1. The largest absolute Gasteiger partial charge is 0.479 e. The van der Waals surface area contributed by atoms with Crippen molar-refractivity contribution >= 4 is 5.97 Å². The van der Waals surface area contributed by atoms with Crippen molar-refractivity contribution in [1.29, 1.82) is 0 Å². The molecule has 5 nitrogen and oxygen atoms in total. The second-order valence-corrected chi connectivity index (χ2v) is 3.64. The molecule has 82 valence electrons. The second kappa shape index (κ2) is 5.29. The molecule has 0 aromatic heterocycles. The van der Waals surface area contributed by atoms with Crippen LogP contribution < -0.4 is 0 Å². The third-order valence-corrected chi connectivity index (χ3v) is 2.29. The van der Waals surface area contributed by atoms with E-state index in [4.69, 9.17) is 14.9 Å². The zero-order valence-corrected chi connectivity index (χ0v) is 8.35. The van der Waals surface area contributed by atoms with Crippen LogP contribution in [0.4, 0.5) is 0 Å². The highest BCUT2D eigenvalue weighted by Gasteiger charge is 2.25. The minimum Gasteiger partial charge on any atom is -0.479 e. The molecule has 5 heteroatoms. The Labute approximate surface area is 83.3 Å². The molecule has 0 aromatic carbocycles. The van der Waals surface area contributed by atoms with Crippen LogP contribution in [0, 0.1) is 0 Å². The van der Waals surface area contributed by atoms with Gasteiger partial charge in [-0.3, -0.25) is 4.90 Å². The van der Waals surface area contributed by atoms with Crippen LogP contribution in [0.1, 0.15) is 13.3 Å². The van der Waals surface area contributed by atoms with E-state index in [2.05, 4.69) is 0 Å². The molecule has 0 aliphatic carbocycles. The molecule has 0 amide bonds. The Balaban J connectivity index is 2.29. The van der Waals surface area contributed by atoms with Gasteiger partial charge in [-0.25, -0.2) is 4.79 Å². The summed E-state index contributed by atoms with van der Waals surface area (Å²) in [6.07, 6.45) is -0.370. The molecule has 0 bridgehead atoms. The molecule has 2 unspecified atom stereocenters. The average molecular weight is 203 g/mol. The fourth-order valence-electron chi connectivity index (χ4n) is 1.42. The summed E-state index contributed by atoms with van der Waals surface area (Å²) in [5, 5.41) is 17.8. The Morgan fingerprint density at radius 3 is 3.00 bits per heavy atom. The van der Waals surface area contributed by atoms with Crippen LogP contribution in [0.15, 0.2) is 0 Å². The van der Waals surface area contributed by atoms with Crippen LogP contribution in [-0.4, -0.2) is 59.5 Å². The van der Waals surface area contributed by atoms with Gasteiger partial charge in [0, 0.05) is 19.6 Å². The molecule has 1 aliphatic heterocycles. The van der Waals surface area contributed by atoms with Gasteiger partial charge in [0.25, 0.3) is 0 Å². The van der Waals surface area contributed by atoms with Crippen molar-refractivity contribution in [3.8, 4) is 0 Å². The van der Waals surface area contributed by atoms with Gasteiger partial charge in [-0.15, -0.1) is 0 Å². The van der Waals surface area contributed by atoms with Gasteiger partial charge in [0.15, 0.2) is 6.10 Å². The minimum absolute atomic E-state index is 0.332. The van der Waals surface area contributed by atoms with Crippen molar-refractivity contribution in [2.45, 2.75) is 25.6 Å². The molecule has 1 saturated heterocycles. The Hall–Kier alpha value is -0.650. The molecule has 1 rings (SSSR count). The quantitative estimate of drug-likeness (QED) is 0.647. The number of nitrogens with zero attached hydrogens (tertiary/aromatic N) is 1. The van der Waals surface area contributed by atoms with Crippen LogP contribution in [0.5, 0.6) is 0 Å². The van der Waals surface area contributed by atoms with E-state index in [0.717, 1.165) is 13.1 Å². The SMILES string of the molecule is CC(O)CCN1CCOC(C(=O)O)C1. The Morgan fingerprint density at radius 2 is 2.43 bits per heavy atom. The molecule has 0 aromatic rings. The van der Waals surface area contributed by atoms with E-state index in [0.29, 0.717) is 19.6 Å². The predicted octanol–water partition coefficient (Wildman–Crippen LogP) is -0.457. The zero-order chi connectivity index (χ0) is 10.6. The number of aliphatic hydroxyl groups is 1. The smallest absolute Gasteiger partial charge is 0.334 e. The molecule has 14 heavy (non-hydrogen) atoms. The molecule has 0 saturated carbocycles. The second-order valence-electron chi connectivity index (χ2n) is 3.64. The van der Waals surface area contributed by atoms with E-state index >= 15 is 0 Å². The normalized spacial score (nSPS) is 26.0. The highest BCUT2D eigenvalue weighted by Crippen LogP contribution is 2.06. The molecule has 2 atom stereocenters. The third kappa shape index (κ3) is 3.61. The number of hydrogen-bond acceptors (Lipinski definition) is 4. The van der Waals surface area contributed by atoms with Crippen LogP contribution >= 0.6 is 0 Å². The van der Waals surface area contributed by atoms with E-state index in [-0.39, 0.29) is 6.10 Å². The third-order valence-electron chi connectivity index (χ3n) is 2.29. The molecule has 1 fully saturated rings. The van der Waals surface area contributed by atoms with Gasteiger partial charge in [0.2, 0.25) is 0 Å². The van der Waals surface area contributed by atoms with E-state index in [1.807, 2.05) is 4.90 Å². The lowest BCUT2D eigenvalue weighted by molar-refractivity contribution is -0.156. The fraction of sp³-hybridized carbons (Fsp3) is 0.889. The number of carboxylic acid groups (broad SMARTS) is 1. The van der Waals surface area contributed by atoms with E-state index in [1.165, 1.54) is 0 Å². The monoisotopic (exact) mass is 203 g/mol. The zero-order valence-electron chi connectivity index (χ0n) is 8.35. The van der Waals surface area contributed by atoms with Crippen LogP contribution in [-0.2, 0) is 9.53 Å². The van der Waals surface area contributed by atoms with Crippen LogP contribution in [0.3, 0.4) is 0 Å². The Bertz CT molecular complexity index is 195. The number of ether oxygens (including phenoxy) is 1. The van der Waals surface area contributed by atoms with E-state index in [9.17, 15) is 4.79 Å². The Morgan fingerprint density at radius 1 is 1.71 bits per heavy atom. The summed E-state index contributed by atoms with van der Waals surface area (Å²) >= 11 is 0. The first kappa shape index (κ1) is 11.4. The summed E-state index contributed by atoms with van der Waals surface area (Å²) < 4.78 is 5.07. The summed E-state index contributed by atoms with van der Waals surface area (Å²) in [4.78, 5) is 12.6. The van der Waals surface area contributed by atoms with Crippen molar-refractivity contribution < 1.29 is 19.7 Å². The molecule has 1 aliphatic rings. The molecular formula is C9H17NO4. The van der Waals surface area contributed by atoms with Crippen LogP contribution in [0.2, 0.25) is 0 Å². The fourth-order valence-corrected chi connectivity index (χ4v) is 1.42. The lowest BCUT2D eigenvalue weighted by Gasteiger charge is -2.30. The number of hydrogen-bond donors (Lipinski definition) is 2. The topological polar surface area (TPSA) is 70.0 Å². The molecule has 2 N–H and O–H groups in total. The first-order chi connectivity index (χ1) is 6.59. The maximum atomic E-state index is 10.6. The highest BCUT2D eigenvalue weighted by molar-refractivity contribution is 5.72. The summed E-state index contributed by atoms with van der Waals surface area (Å²) in [5.41, 5.74) is 0. The number of aliphatic hydroxyl groups excluding tert-OH is 1. The Kier molecular flexibility index (Phi) is 4.31. The van der Waals surface area contributed by atoms with Crippen LogP contribution in [0.25, 0.3) is 0 Å². The van der Waals surface area contributed by atoms with Gasteiger partial charge >= 0.3 is 5.97 Å². The average Bonchev–Trinajstić information content (AvgIpc) is 2.15. The van der Waals surface area contributed by atoms with Crippen molar-refractivity contribution in [3.05, 3.63) is 0 Å². The summed E-state index contributed by atoms with van der Waals surface area (Å²) in [5.74, 6) is -0.910. The predicted molar refractivity (Wildman–Crippen MR) is 50.1 cm³/mol. The van der Waals surface area contributed by atoms with Gasteiger partial charge in [-0.1, -0.05) is 0 Å². The van der Waals surface area contributed by atoms with E-state index in [1.54, 1.807) is 6.92 Å². The van der Waals surface area contributed by atoms with Gasteiger partial charge in [0.05, 0.1) is 12.7 Å². The lowest BCUT2D eigenvalue weighted by Crippen LogP contribution is -2.46. The van der Waals surface area contributed by atoms with Gasteiger partial charge in [-0.2, -0.15) is 0 Å². The number of carboxylic acids is 1. The standard InChI is InChI=1S/C9H17NO4/c1-7(11)2-3-10-4-5-14-8(6-10)9(12)13/h7-8,11H,2-6H2,1H3,(H,12,13). The maximum absolute atomic E-state index is 10.6. The minimum atomic E-state index is -0.910. The number of rotatable bonds is 4. The summed E-state index contributed by atoms with van der Waals surface area (Å²) in [6.45, 7) is 4.08. The molecular weight excluding hydrogens is 186 g/mol. The lowest BCUT2D eigenvalue weighted by atomic mass is 10.2. The first-order valence-corrected chi connectivity index (χ1v) is 4.84. The van der Waals surface area contributed by atoms with Gasteiger partial charge in [0.1, 0.15) is 0 Å². The van der Waals surface area contributed by atoms with Crippen molar-refractivity contribution in [3.63, 3.8) is 0 Å². The first-order valence-electron chi connectivity index (χ1n) is 4.84. The van der Waals surface area contributed by atoms with Crippen molar-refractivity contribution in [2.24, 2.45) is 0 Å². The highest BCUT2D eigenvalue weighted by atomic mass is 16.5. The summed E-state index contributed by atoms with van der Waals surface area (Å²) in [6, 6.07) is 0. The maximum Gasteiger partial charge on any atom is 0.334 e. The molecule has 0 radical (unpaired) electrons. The molecule has 0 spiro atoms. The molecule has 1 heterocycles. The van der Waals surface area contributed by atoms with Crippen molar-refractivity contribution in [2.75, 3.05) is 26.2 Å².